The number of nitrogens with two attached hydrogens (primary N) is 1. The van der Waals surface area contributed by atoms with Crippen LogP contribution in [0.1, 0.15) is 58.1 Å². The molecule has 1 fully saturated rings. The van der Waals surface area contributed by atoms with E-state index in [9.17, 15) is 4.39 Å². The van der Waals surface area contributed by atoms with Crippen molar-refractivity contribution in [1.29, 1.82) is 0 Å². The van der Waals surface area contributed by atoms with E-state index in [2.05, 4.69) is 13.8 Å². The molecule has 0 spiro atoms. The average molecular weight is 279 g/mol. The fourth-order valence-corrected chi connectivity index (χ4v) is 2.87. The second kappa shape index (κ2) is 6.23. The summed E-state index contributed by atoms with van der Waals surface area (Å²) in [6.07, 6.45) is 4.65. The maximum Gasteiger partial charge on any atom is 0.123 e. The van der Waals surface area contributed by atoms with Crippen molar-refractivity contribution in [2.75, 3.05) is 0 Å². The molecule has 0 saturated heterocycles. The van der Waals surface area contributed by atoms with E-state index in [0.29, 0.717) is 5.41 Å². The van der Waals surface area contributed by atoms with E-state index in [4.69, 9.17) is 10.5 Å². The van der Waals surface area contributed by atoms with Crippen molar-refractivity contribution in [1.82, 2.24) is 0 Å². The zero-order valence-corrected chi connectivity index (χ0v) is 12.7. The summed E-state index contributed by atoms with van der Waals surface area (Å²) in [5.74, 6) is -0.225. The van der Waals surface area contributed by atoms with Crippen LogP contribution in [0.25, 0.3) is 0 Å². The Morgan fingerprint density at radius 2 is 1.75 bits per heavy atom. The molecule has 0 bridgehead atoms. The molecule has 0 amide bonds. The van der Waals surface area contributed by atoms with Gasteiger partial charge in [0.05, 0.1) is 12.2 Å². The summed E-state index contributed by atoms with van der Waals surface area (Å²) in [5, 5.41) is 0. The molecule has 2 nitrogen and oxygen atoms in total. The molecule has 2 N–H and O–H groups in total. The summed E-state index contributed by atoms with van der Waals surface area (Å²) in [6, 6.07) is 6.39. The van der Waals surface area contributed by atoms with Crippen LogP contribution in [0.4, 0.5) is 4.39 Å². The molecular weight excluding hydrogens is 253 g/mol. The lowest BCUT2D eigenvalue weighted by molar-refractivity contribution is -0.0549. The van der Waals surface area contributed by atoms with E-state index in [1.807, 2.05) is 6.92 Å². The van der Waals surface area contributed by atoms with Gasteiger partial charge in [0.1, 0.15) is 5.82 Å². The summed E-state index contributed by atoms with van der Waals surface area (Å²) in [7, 11) is 0. The summed E-state index contributed by atoms with van der Waals surface area (Å²) in [4.78, 5) is 0. The van der Waals surface area contributed by atoms with Crippen molar-refractivity contribution in [3.63, 3.8) is 0 Å². The SMILES string of the molecule is CC(N)C(OC1CCC(C)(C)CC1)c1ccc(F)cc1. The van der Waals surface area contributed by atoms with E-state index in [1.165, 1.54) is 25.0 Å². The fraction of sp³-hybridized carbons (Fsp3) is 0.647. The average Bonchev–Trinajstić information content (AvgIpc) is 2.38. The highest BCUT2D eigenvalue weighted by atomic mass is 19.1. The minimum Gasteiger partial charge on any atom is -0.369 e. The van der Waals surface area contributed by atoms with Crippen LogP contribution in [0.15, 0.2) is 24.3 Å². The number of halogens is 1. The molecule has 0 aliphatic heterocycles. The van der Waals surface area contributed by atoms with Gasteiger partial charge in [-0.3, -0.25) is 0 Å². The Morgan fingerprint density at radius 1 is 1.20 bits per heavy atom. The molecule has 0 heterocycles. The Kier molecular flexibility index (Phi) is 4.82. The van der Waals surface area contributed by atoms with Gasteiger partial charge in [-0.1, -0.05) is 26.0 Å². The lowest BCUT2D eigenvalue weighted by Crippen LogP contribution is -2.33. The third-order valence-electron chi connectivity index (χ3n) is 4.30. The van der Waals surface area contributed by atoms with Crippen LogP contribution in [-0.4, -0.2) is 12.1 Å². The van der Waals surface area contributed by atoms with Crippen LogP contribution >= 0.6 is 0 Å². The Hall–Kier alpha value is -0.930. The zero-order valence-electron chi connectivity index (χ0n) is 12.7. The third kappa shape index (κ3) is 4.03. The second-order valence-electron chi connectivity index (χ2n) is 6.83. The number of benzene rings is 1. The molecule has 1 aromatic rings. The van der Waals surface area contributed by atoms with Gasteiger partial charge in [0.2, 0.25) is 0 Å². The first kappa shape index (κ1) is 15.5. The van der Waals surface area contributed by atoms with Gasteiger partial charge in [0.25, 0.3) is 0 Å². The van der Waals surface area contributed by atoms with Crippen LogP contribution in [0.5, 0.6) is 0 Å². The Labute approximate surface area is 121 Å². The van der Waals surface area contributed by atoms with Gasteiger partial charge < -0.3 is 10.5 Å². The van der Waals surface area contributed by atoms with E-state index in [1.54, 1.807) is 12.1 Å². The second-order valence-corrected chi connectivity index (χ2v) is 6.83. The number of ether oxygens (including phenoxy) is 1. The van der Waals surface area contributed by atoms with Crippen molar-refractivity contribution in [3.8, 4) is 0 Å². The molecule has 2 unspecified atom stereocenters. The van der Waals surface area contributed by atoms with Gasteiger partial charge in [-0.15, -0.1) is 0 Å². The maximum atomic E-state index is 13.0. The van der Waals surface area contributed by atoms with Gasteiger partial charge in [0.15, 0.2) is 0 Å². The van der Waals surface area contributed by atoms with Crippen LogP contribution in [0.3, 0.4) is 0 Å². The summed E-state index contributed by atoms with van der Waals surface area (Å²) >= 11 is 0. The van der Waals surface area contributed by atoms with Crippen molar-refractivity contribution in [2.24, 2.45) is 11.1 Å². The van der Waals surface area contributed by atoms with Crippen LogP contribution in [0.2, 0.25) is 0 Å². The third-order valence-corrected chi connectivity index (χ3v) is 4.30. The van der Waals surface area contributed by atoms with Gasteiger partial charge >= 0.3 is 0 Å². The molecule has 20 heavy (non-hydrogen) atoms. The van der Waals surface area contributed by atoms with Gasteiger partial charge in [-0.25, -0.2) is 4.39 Å². The highest BCUT2D eigenvalue weighted by Gasteiger charge is 2.30. The molecule has 1 saturated carbocycles. The van der Waals surface area contributed by atoms with E-state index >= 15 is 0 Å². The topological polar surface area (TPSA) is 35.2 Å². The lowest BCUT2D eigenvalue weighted by atomic mass is 9.76. The molecular formula is C17H26FNO. The molecule has 0 aromatic heterocycles. The minimum absolute atomic E-state index is 0.101. The molecule has 1 aliphatic carbocycles. The van der Waals surface area contributed by atoms with Crippen molar-refractivity contribution in [3.05, 3.63) is 35.6 Å². The number of hydrogen-bond donors (Lipinski definition) is 1. The van der Waals surface area contributed by atoms with Gasteiger partial charge in [-0.2, -0.15) is 0 Å². The quantitative estimate of drug-likeness (QED) is 0.896. The molecule has 1 aromatic carbocycles. The maximum absolute atomic E-state index is 13.0. The predicted octanol–water partition coefficient (Wildman–Crippen LogP) is 4.20. The first-order chi connectivity index (χ1) is 9.37. The van der Waals surface area contributed by atoms with E-state index in [-0.39, 0.29) is 24.1 Å². The molecule has 1 aliphatic rings. The predicted molar refractivity (Wildman–Crippen MR) is 79.9 cm³/mol. The standard InChI is InChI=1S/C17H26FNO/c1-12(19)16(13-4-6-14(18)7-5-13)20-15-8-10-17(2,3)11-9-15/h4-7,12,15-16H,8-11,19H2,1-3H3. The molecule has 3 heteroatoms. The first-order valence-electron chi connectivity index (χ1n) is 7.54. The monoisotopic (exact) mass is 279 g/mol. The Bertz CT molecular complexity index is 417. The van der Waals surface area contributed by atoms with Crippen molar-refractivity contribution < 1.29 is 9.13 Å². The molecule has 0 radical (unpaired) electrons. The first-order valence-corrected chi connectivity index (χ1v) is 7.54. The van der Waals surface area contributed by atoms with E-state index in [0.717, 1.165) is 18.4 Å². The Balaban J connectivity index is 2.02. The smallest absolute Gasteiger partial charge is 0.123 e. The fourth-order valence-electron chi connectivity index (χ4n) is 2.87. The largest absolute Gasteiger partial charge is 0.369 e. The van der Waals surface area contributed by atoms with Crippen molar-refractivity contribution >= 4 is 0 Å². The minimum atomic E-state index is -0.225. The molecule has 112 valence electrons. The molecule has 2 atom stereocenters. The summed E-state index contributed by atoms with van der Waals surface area (Å²) < 4.78 is 19.2. The normalized spacial score (nSPS) is 22.4. The lowest BCUT2D eigenvalue weighted by Gasteiger charge is -2.36. The van der Waals surface area contributed by atoms with E-state index < -0.39 is 0 Å². The van der Waals surface area contributed by atoms with Crippen LogP contribution < -0.4 is 5.73 Å². The summed E-state index contributed by atoms with van der Waals surface area (Å²) in [6.45, 7) is 6.57. The zero-order chi connectivity index (χ0) is 14.8. The van der Waals surface area contributed by atoms with Gasteiger partial charge in [-0.05, 0) is 55.7 Å². The van der Waals surface area contributed by atoms with Crippen LogP contribution in [-0.2, 0) is 4.74 Å². The number of rotatable bonds is 4. The molecule has 2 rings (SSSR count). The highest BCUT2D eigenvalue weighted by Crippen LogP contribution is 2.38. The summed E-state index contributed by atoms with van der Waals surface area (Å²) in [5.41, 5.74) is 7.45. The van der Waals surface area contributed by atoms with Crippen molar-refractivity contribution in [2.45, 2.75) is 64.7 Å². The Morgan fingerprint density at radius 3 is 2.25 bits per heavy atom. The number of hydrogen-bond acceptors (Lipinski definition) is 2. The van der Waals surface area contributed by atoms with Gasteiger partial charge in [0, 0.05) is 6.04 Å². The van der Waals surface area contributed by atoms with Crippen LogP contribution in [0, 0.1) is 11.2 Å². The highest BCUT2D eigenvalue weighted by molar-refractivity contribution is 5.20.